The summed E-state index contributed by atoms with van der Waals surface area (Å²) in [5, 5.41) is 3.35. The average molecular weight is 340 g/mol. The van der Waals surface area contributed by atoms with E-state index in [1.807, 2.05) is 6.92 Å². The zero-order chi connectivity index (χ0) is 17.6. The number of rotatable bonds is 6. The fourth-order valence-corrected chi connectivity index (χ4v) is 2.38. The highest BCUT2D eigenvalue weighted by molar-refractivity contribution is 5.96. The number of aromatic amines is 1. The zero-order valence-corrected chi connectivity index (χ0v) is 13.6. The van der Waals surface area contributed by atoms with Crippen LogP contribution in [0.3, 0.4) is 0 Å². The Hall–Kier alpha value is -3.22. The molecule has 3 rings (SSSR count). The number of likely N-dealkylation sites (N-methyl/N-ethyl adjacent to an activating group) is 1. The van der Waals surface area contributed by atoms with Gasteiger partial charge in [0.05, 0.1) is 5.39 Å². The predicted octanol–water partition coefficient (Wildman–Crippen LogP) is 2.83. The molecule has 25 heavy (non-hydrogen) atoms. The smallest absolute Gasteiger partial charge is 0.243 e. The molecule has 7 heteroatoms. The highest BCUT2D eigenvalue weighted by Gasteiger charge is 2.11. The van der Waals surface area contributed by atoms with Crippen molar-refractivity contribution >= 4 is 23.0 Å². The van der Waals surface area contributed by atoms with E-state index in [0.717, 1.165) is 5.56 Å². The first-order valence-corrected chi connectivity index (χ1v) is 7.82. The monoisotopic (exact) mass is 340 g/mol. The van der Waals surface area contributed by atoms with E-state index in [2.05, 4.69) is 20.3 Å². The van der Waals surface area contributed by atoms with Gasteiger partial charge in [-0.15, -0.1) is 0 Å². The second-order valence-electron chi connectivity index (χ2n) is 5.29. The van der Waals surface area contributed by atoms with Gasteiger partial charge >= 0.3 is 0 Å². The van der Waals surface area contributed by atoms with Crippen LogP contribution in [0.5, 0.6) is 5.88 Å². The van der Waals surface area contributed by atoms with Gasteiger partial charge in [-0.1, -0.05) is 12.1 Å². The van der Waals surface area contributed by atoms with Crippen LogP contribution in [0.4, 0.5) is 4.39 Å². The molecular formula is C18H17FN4O2. The van der Waals surface area contributed by atoms with E-state index >= 15 is 0 Å². The lowest BCUT2D eigenvalue weighted by atomic mass is 10.2. The van der Waals surface area contributed by atoms with Crippen LogP contribution < -0.4 is 10.1 Å². The molecule has 0 fully saturated rings. The molecule has 2 N–H and O–H groups in total. The molecule has 0 bridgehead atoms. The summed E-state index contributed by atoms with van der Waals surface area (Å²) in [6.45, 7) is 2.58. The van der Waals surface area contributed by atoms with Crippen LogP contribution in [0.25, 0.3) is 17.1 Å². The Labute approximate surface area is 143 Å². The van der Waals surface area contributed by atoms with Crippen molar-refractivity contribution in [1.29, 1.82) is 0 Å². The Morgan fingerprint density at radius 2 is 2.28 bits per heavy atom. The quantitative estimate of drug-likeness (QED) is 0.676. The SMILES string of the molecule is CCNC(=O)C=Cc1c[nH]c2ncnc(OCc3cccc(F)c3)c12. The molecule has 1 amide bonds. The van der Waals surface area contributed by atoms with E-state index in [1.54, 1.807) is 24.4 Å². The van der Waals surface area contributed by atoms with Crippen molar-refractivity contribution < 1.29 is 13.9 Å². The zero-order valence-electron chi connectivity index (χ0n) is 13.6. The normalized spacial score (nSPS) is 11.1. The lowest BCUT2D eigenvalue weighted by molar-refractivity contribution is -0.116. The second-order valence-corrected chi connectivity index (χ2v) is 5.29. The maximum Gasteiger partial charge on any atom is 0.243 e. The van der Waals surface area contributed by atoms with E-state index in [4.69, 9.17) is 4.74 Å². The van der Waals surface area contributed by atoms with Gasteiger partial charge in [-0.25, -0.2) is 14.4 Å². The van der Waals surface area contributed by atoms with E-state index in [0.29, 0.717) is 29.0 Å². The van der Waals surface area contributed by atoms with Crippen LogP contribution in [0.1, 0.15) is 18.1 Å². The van der Waals surface area contributed by atoms with Gasteiger partial charge in [0.15, 0.2) is 0 Å². The molecule has 0 unspecified atom stereocenters. The summed E-state index contributed by atoms with van der Waals surface area (Å²) in [7, 11) is 0. The van der Waals surface area contributed by atoms with Crippen LogP contribution in [-0.4, -0.2) is 27.4 Å². The molecule has 2 heterocycles. The predicted molar refractivity (Wildman–Crippen MR) is 92.3 cm³/mol. The summed E-state index contributed by atoms with van der Waals surface area (Å²) in [5.41, 5.74) is 2.03. The van der Waals surface area contributed by atoms with Crippen LogP contribution in [-0.2, 0) is 11.4 Å². The lowest BCUT2D eigenvalue weighted by Crippen LogP contribution is -2.19. The summed E-state index contributed by atoms with van der Waals surface area (Å²) >= 11 is 0. The first-order chi connectivity index (χ1) is 12.2. The number of amides is 1. The highest BCUT2D eigenvalue weighted by atomic mass is 19.1. The van der Waals surface area contributed by atoms with Crippen molar-refractivity contribution in [3.8, 4) is 5.88 Å². The molecule has 0 saturated carbocycles. The Morgan fingerprint density at radius 1 is 1.40 bits per heavy atom. The lowest BCUT2D eigenvalue weighted by Gasteiger charge is -2.07. The number of fused-ring (bicyclic) bond motifs is 1. The van der Waals surface area contributed by atoms with Gasteiger partial charge in [-0.05, 0) is 30.7 Å². The number of halogens is 1. The van der Waals surface area contributed by atoms with Crippen molar-refractivity contribution in [3.63, 3.8) is 0 Å². The number of ether oxygens (including phenoxy) is 1. The largest absolute Gasteiger partial charge is 0.472 e. The summed E-state index contributed by atoms with van der Waals surface area (Å²) in [5.74, 6) is -0.136. The molecule has 1 aromatic carbocycles. The van der Waals surface area contributed by atoms with Gasteiger partial charge in [0.2, 0.25) is 11.8 Å². The van der Waals surface area contributed by atoms with E-state index in [9.17, 15) is 9.18 Å². The Morgan fingerprint density at radius 3 is 3.08 bits per heavy atom. The molecule has 6 nitrogen and oxygen atoms in total. The minimum Gasteiger partial charge on any atom is -0.472 e. The fraction of sp³-hybridized carbons (Fsp3) is 0.167. The number of carbonyl (C=O) groups excluding carboxylic acids is 1. The summed E-state index contributed by atoms with van der Waals surface area (Å²) in [6, 6.07) is 6.18. The third kappa shape index (κ3) is 4.00. The number of hydrogen-bond donors (Lipinski definition) is 2. The molecule has 3 aromatic rings. The van der Waals surface area contributed by atoms with Crippen molar-refractivity contribution in [2.24, 2.45) is 0 Å². The van der Waals surface area contributed by atoms with Crippen LogP contribution in [0.15, 0.2) is 42.9 Å². The molecular weight excluding hydrogens is 323 g/mol. The Balaban J connectivity index is 1.85. The van der Waals surface area contributed by atoms with Gasteiger partial charge < -0.3 is 15.0 Å². The number of aromatic nitrogens is 3. The van der Waals surface area contributed by atoms with Crippen molar-refractivity contribution in [3.05, 3.63) is 59.8 Å². The summed E-state index contributed by atoms with van der Waals surface area (Å²) in [6.07, 6.45) is 6.22. The maximum atomic E-state index is 13.3. The Kier molecular flexibility index (Phi) is 5.03. The van der Waals surface area contributed by atoms with E-state index in [-0.39, 0.29) is 18.3 Å². The average Bonchev–Trinajstić information content (AvgIpc) is 3.02. The van der Waals surface area contributed by atoms with Gasteiger partial charge in [-0.2, -0.15) is 0 Å². The minimum atomic E-state index is -0.318. The molecule has 0 aliphatic heterocycles. The van der Waals surface area contributed by atoms with Gasteiger partial charge in [-0.3, -0.25) is 4.79 Å². The summed E-state index contributed by atoms with van der Waals surface area (Å²) in [4.78, 5) is 22.9. The number of hydrogen-bond acceptors (Lipinski definition) is 4. The van der Waals surface area contributed by atoms with Gasteiger partial charge in [0.25, 0.3) is 0 Å². The first kappa shape index (κ1) is 16.6. The standard InChI is InChI=1S/C18H17FN4O2/c1-2-20-15(24)7-6-13-9-21-17-16(13)18(23-11-22-17)25-10-12-4-3-5-14(19)8-12/h3-9,11H,2,10H2,1H3,(H,20,24)(H,21,22,23). The molecule has 2 aromatic heterocycles. The number of carbonyl (C=O) groups is 1. The van der Waals surface area contributed by atoms with Gasteiger partial charge in [0.1, 0.15) is 24.4 Å². The van der Waals surface area contributed by atoms with Crippen molar-refractivity contribution in [2.75, 3.05) is 6.54 Å². The number of nitrogens with zero attached hydrogens (tertiary/aromatic N) is 2. The Bertz CT molecular complexity index is 920. The van der Waals surface area contributed by atoms with E-state index < -0.39 is 0 Å². The van der Waals surface area contributed by atoms with E-state index in [1.165, 1.54) is 24.5 Å². The minimum absolute atomic E-state index is 0.175. The summed E-state index contributed by atoms with van der Waals surface area (Å²) < 4.78 is 19.0. The highest BCUT2D eigenvalue weighted by Crippen LogP contribution is 2.26. The number of H-pyrrole nitrogens is 1. The third-order valence-corrected chi connectivity index (χ3v) is 3.50. The molecule has 0 radical (unpaired) electrons. The van der Waals surface area contributed by atoms with Crippen LogP contribution >= 0.6 is 0 Å². The van der Waals surface area contributed by atoms with Crippen LogP contribution in [0.2, 0.25) is 0 Å². The molecule has 0 spiro atoms. The maximum absolute atomic E-state index is 13.3. The molecule has 0 saturated heterocycles. The number of benzene rings is 1. The topological polar surface area (TPSA) is 79.9 Å². The first-order valence-electron chi connectivity index (χ1n) is 7.82. The molecule has 0 aliphatic carbocycles. The molecule has 0 atom stereocenters. The third-order valence-electron chi connectivity index (χ3n) is 3.50. The number of nitrogens with one attached hydrogen (secondary N) is 2. The second kappa shape index (κ2) is 7.57. The molecule has 128 valence electrons. The van der Waals surface area contributed by atoms with Gasteiger partial charge in [0, 0.05) is 24.4 Å². The van der Waals surface area contributed by atoms with Crippen molar-refractivity contribution in [2.45, 2.75) is 13.5 Å². The molecule has 0 aliphatic rings. The van der Waals surface area contributed by atoms with Crippen molar-refractivity contribution in [1.82, 2.24) is 20.3 Å². The fourth-order valence-electron chi connectivity index (χ4n) is 2.38. The van der Waals surface area contributed by atoms with Crippen LogP contribution in [0, 0.1) is 5.82 Å².